The summed E-state index contributed by atoms with van der Waals surface area (Å²) in [7, 11) is 1.61. The van der Waals surface area contributed by atoms with Gasteiger partial charge in [-0.1, -0.05) is 30.3 Å². The first kappa shape index (κ1) is 14.6. The van der Waals surface area contributed by atoms with E-state index in [2.05, 4.69) is 17.2 Å². The molecule has 108 valence electrons. The van der Waals surface area contributed by atoms with Crippen molar-refractivity contribution < 1.29 is 9.84 Å². The average Bonchev–Trinajstić information content (AvgIpc) is 2.91. The van der Waals surface area contributed by atoms with E-state index in [0.29, 0.717) is 12.2 Å². The first-order valence-electron chi connectivity index (χ1n) is 7.08. The second-order valence-corrected chi connectivity index (χ2v) is 4.81. The zero-order valence-corrected chi connectivity index (χ0v) is 12.1. The summed E-state index contributed by atoms with van der Waals surface area (Å²) >= 11 is 0. The Balaban J connectivity index is 1.94. The third-order valence-electron chi connectivity index (χ3n) is 3.47. The van der Waals surface area contributed by atoms with Crippen LogP contribution in [0.25, 0.3) is 0 Å². The van der Waals surface area contributed by atoms with Crippen LogP contribution in [0, 0.1) is 0 Å². The average molecular weight is 274 g/mol. The molecule has 1 N–H and O–H groups in total. The lowest BCUT2D eigenvalue weighted by atomic mass is 10.0. The van der Waals surface area contributed by atoms with Gasteiger partial charge >= 0.3 is 0 Å². The van der Waals surface area contributed by atoms with Crippen LogP contribution in [0.5, 0.6) is 5.75 Å². The molecule has 0 aliphatic rings. The largest absolute Gasteiger partial charge is 0.493 e. The van der Waals surface area contributed by atoms with Gasteiger partial charge in [-0.3, -0.25) is 4.68 Å². The molecule has 0 amide bonds. The minimum atomic E-state index is -0.531. The van der Waals surface area contributed by atoms with Gasteiger partial charge in [-0.15, -0.1) is 0 Å². The number of hydrogen-bond donors (Lipinski definition) is 1. The van der Waals surface area contributed by atoms with Crippen molar-refractivity contribution in [3.8, 4) is 5.75 Å². The maximum atomic E-state index is 10.4. The smallest absolute Gasteiger partial charge is 0.162 e. The highest BCUT2D eigenvalue weighted by atomic mass is 16.5. The molecule has 4 nitrogen and oxygen atoms in total. The summed E-state index contributed by atoms with van der Waals surface area (Å²) in [5.41, 5.74) is 2.08. The van der Waals surface area contributed by atoms with E-state index in [1.54, 1.807) is 18.0 Å². The van der Waals surface area contributed by atoms with Crippen LogP contribution < -0.4 is 4.74 Å². The van der Waals surface area contributed by atoms with Crippen molar-refractivity contribution in [1.29, 1.82) is 0 Å². The van der Waals surface area contributed by atoms with Gasteiger partial charge in [0, 0.05) is 6.54 Å². The molecule has 0 saturated carbocycles. The highest BCUT2D eigenvalue weighted by molar-refractivity contribution is 5.27. The third-order valence-corrected chi connectivity index (χ3v) is 3.47. The van der Waals surface area contributed by atoms with E-state index in [0.717, 1.165) is 25.1 Å². The number of aliphatic hydroxyl groups is 1. The standard InChI is InChI=1S/C16H22N2O2/c1-3-18-16(15(20-2)12-17-18)14(19)11-7-10-13-8-5-4-6-9-13/h4-6,8-9,12,14,19H,3,7,10-11H2,1-2H3. The summed E-state index contributed by atoms with van der Waals surface area (Å²) in [4.78, 5) is 0. The van der Waals surface area contributed by atoms with Gasteiger partial charge in [0.1, 0.15) is 5.69 Å². The minimum absolute atomic E-state index is 0.531. The first-order valence-corrected chi connectivity index (χ1v) is 7.08. The Morgan fingerprint density at radius 2 is 2.05 bits per heavy atom. The molecule has 1 unspecified atom stereocenters. The van der Waals surface area contributed by atoms with E-state index >= 15 is 0 Å². The molecule has 0 fully saturated rings. The van der Waals surface area contributed by atoms with Crippen LogP contribution in [0.15, 0.2) is 36.5 Å². The van der Waals surface area contributed by atoms with E-state index in [-0.39, 0.29) is 0 Å². The molecule has 0 saturated heterocycles. The number of benzene rings is 1. The molecule has 0 bridgehead atoms. The Hall–Kier alpha value is -1.81. The van der Waals surface area contributed by atoms with Gasteiger partial charge in [0.15, 0.2) is 5.75 Å². The van der Waals surface area contributed by atoms with Crippen molar-refractivity contribution in [2.24, 2.45) is 0 Å². The summed E-state index contributed by atoms with van der Waals surface area (Å²) in [6.07, 6.45) is 3.75. The van der Waals surface area contributed by atoms with E-state index in [9.17, 15) is 5.11 Å². The van der Waals surface area contributed by atoms with Gasteiger partial charge in [-0.05, 0) is 31.7 Å². The van der Waals surface area contributed by atoms with Crippen molar-refractivity contribution in [1.82, 2.24) is 9.78 Å². The predicted molar refractivity (Wildman–Crippen MR) is 78.8 cm³/mol. The van der Waals surface area contributed by atoms with E-state index < -0.39 is 6.10 Å². The van der Waals surface area contributed by atoms with Gasteiger partial charge in [0.25, 0.3) is 0 Å². The molecule has 0 aliphatic heterocycles. The van der Waals surface area contributed by atoms with Crippen molar-refractivity contribution in [2.75, 3.05) is 7.11 Å². The lowest BCUT2D eigenvalue weighted by molar-refractivity contribution is 0.150. The number of hydrogen-bond acceptors (Lipinski definition) is 3. The van der Waals surface area contributed by atoms with E-state index in [4.69, 9.17) is 4.74 Å². The van der Waals surface area contributed by atoms with Crippen LogP contribution in [0.2, 0.25) is 0 Å². The summed E-state index contributed by atoms with van der Waals surface area (Å²) in [5.74, 6) is 0.666. The molecule has 2 aromatic rings. The van der Waals surface area contributed by atoms with Crippen LogP contribution in [0.1, 0.15) is 37.1 Å². The second-order valence-electron chi connectivity index (χ2n) is 4.81. The van der Waals surface area contributed by atoms with Gasteiger partial charge in [-0.25, -0.2) is 0 Å². The molecule has 1 heterocycles. The van der Waals surface area contributed by atoms with Crippen molar-refractivity contribution in [3.63, 3.8) is 0 Å². The summed E-state index contributed by atoms with van der Waals surface area (Å²) < 4.78 is 7.07. The number of aromatic nitrogens is 2. The number of aliphatic hydroxyl groups excluding tert-OH is 1. The minimum Gasteiger partial charge on any atom is -0.493 e. The molecule has 4 heteroatoms. The number of methoxy groups -OCH3 is 1. The fourth-order valence-electron chi connectivity index (χ4n) is 2.40. The topological polar surface area (TPSA) is 47.3 Å². The fraction of sp³-hybridized carbons (Fsp3) is 0.438. The highest BCUT2D eigenvalue weighted by Crippen LogP contribution is 2.28. The quantitative estimate of drug-likeness (QED) is 0.844. The summed E-state index contributed by atoms with van der Waals surface area (Å²) in [6, 6.07) is 10.3. The van der Waals surface area contributed by atoms with E-state index in [1.165, 1.54) is 5.56 Å². The normalized spacial score (nSPS) is 12.3. The Kier molecular flexibility index (Phi) is 5.18. The zero-order chi connectivity index (χ0) is 14.4. The molecule has 1 aromatic heterocycles. The maximum Gasteiger partial charge on any atom is 0.162 e. The Morgan fingerprint density at radius 3 is 2.70 bits per heavy atom. The molecular weight excluding hydrogens is 252 g/mol. The van der Waals surface area contributed by atoms with Crippen LogP contribution in [-0.2, 0) is 13.0 Å². The summed E-state index contributed by atoms with van der Waals surface area (Å²) in [5, 5.41) is 14.6. The second kappa shape index (κ2) is 7.10. The third kappa shape index (κ3) is 3.39. The van der Waals surface area contributed by atoms with Gasteiger partial charge < -0.3 is 9.84 Å². The van der Waals surface area contributed by atoms with Gasteiger partial charge in [0.2, 0.25) is 0 Å². The molecule has 0 spiro atoms. The predicted octanol–water partition coefficient (Wildman–Crippen LogP) is 2.97. The summed E-state index contributed by atoms with van der Waals surface area (Å²) in [6.45, 7) is 2.74. The maximum absolute atomic E-state index is 10.4. The Morgan fingerprint density at radius 1 is 1.30 bits per heavy atom. The van der Waals surface area contributed by atoms with Crippen LogP contribution in [-0.4, -0.2) is 22.0 Å². The number of ether oxygens (including phenoxy) is 1. The molecule has 1 atom stereocenters. The number of nitrogens with zero attached hydrogens (tertiary/aromatic N) is 2. The van der Waals surface area contributed by atoms with Crippen LogP contribution >= 0.6 is 0 Å². The Labute approximate surface area is 120 Å². The molecule has 2 rings (SSSR count). The first-order chi connectivity index (χ1) is 9.76. The van der Waals surface area contributed by atoms with E-state index in [1.807, 2.05) is 25.1 Å². The SMILES string of the molecule is CCn1ncc(OC)c1C(O)CCCc1ccccc1. The van der Waals surface area contributed by atoms with Gasteiger partial charge in [-0.2, -0.15) is 5.10 Å². The van der Waals surface area contributed by atoms with Crippen LogP contribution in [0.4, 0.5) is 0 Å². The van der Waals surface area contributed by atoms with Crippen molar-refractivity contribution in [2.45, 2.75) is 38.8 Å². The fourth-order valence-corrected chi connectivity index (χ4v) is 2.40. The molecule has 20 heavy (non-hydrogen) atoms. The molecular formula is C16H22N2O2. The molecule has 0 radical (unpaired) electrons. The van der Waals surface area contributed by atoms with Gasteiger partial charge in [0.05, 0.1) is 19.4 Å². The van der Waals surface area contributed by atoms with Crippen LogP contribution in [0.3, 0.4) is 0 Å². The monoisotopic (exact) mass is 274 g/mol. The number of aryl methyl sites for hydroxylation is 2. The Bertz CT molecular complexity index is 501. The highest BCUT2D eigenvalue weighted by Gasteiger charge is 2.18. The molecule has 0 aliphatic carbocycles. The zero-order valence-electron chi connectivity index (χ0n) is 12.1. The van der Waals surface area contributed by atoms with Crippen molar-refractivity contribution >= 4 is 0 Å². The lowest BCUT2D eigenvalue weighted by Gasteiger charge is -2.14. The van der Waals surface area contributed by atoms with Crippen molar-refractivity contribution in [3.05, 3.63) is 47.8 Å². The number of rotatable bonds is 7. The lowest BCUT2D eigenvalue weighted by Crippen LogP contribution is -2.09. The molecule has 1 aromatic carbocycles.